The number of likely N-dealkylation sites (tertiary alicyclic amines) is 2. The van der Waals surface area contributed by atoms with E-state index in [1.54, 1.807) is 10.9 Å². The van der Waals surface area contributed by atoms with E-state index in [1.165, 1.54) is 0 Å². The summed E-state index contributed by atoms with van der Waals surface area (Å²) in [4.78, 5) is 16.4. The summed E-state index contributed by atoms with van der Waals surface area (Å²) in [5, 5.41) is 17.7. The fourth-order valence-electron chi connectivity index (χ4n) is 4.52. The number of rotatable bonds is 4. The zero-order valence-electron chi connectivity index (χ0n) is 16.7. The van der Waals surface area contributed by atoms with Gasteiger partial charge in [-0.2, -0.15) is 9.61 Å². The first kappa shape index (κ1) is 18.2. The number of fused-ring (bicyclic) bond motifs is 1. The summed E-state index contributed by atoms with van der Waals surface area (Å²) in [6.07, 6.45) is 8.49. The number of amides is 1. The van der Waals surface area contributed by atoms with E-state index in [0.717, 1.165) is 62.6 Å². The quantitative estimate of drug-likeness (QED) is 0.667. The predicted octanol–water partition coefficient (Wildman–Crippen LogP) is 1.50. The smallest absolute Gasteiger partial charge is 0.222 e. The lowest BCUT2D eigenvalue weighted by atomic mass is 9.94. The summed E-state index contributed by atoms with van der Waals surface area (Å²) >= 11 is 0. The summed E-state index contributed by atoms with van der Waals surface area (Å²) < 4.78 is 3.61. The lowest BCUT2D eigenvalue weighted by molar-refractivity contribution is -0.135. The molecule has 1 atom stereocenters. The van der Waals surface area contributed by atoms with Crippen LogP contribution >= 0.6 is 0 Å². The standard InChI is InChI=1S/C20H26N8O/c1-25-16(4-2-5-19(25)29)14-26-12-8-15(9-13-26)20-23-22-17-6-7-18(24-28(17)20)27-11-3-10-21-27/h3,6-7,10-11,15-16H,2,4-5,8-9,12-14H2,1H3. The molecule has 2 aliphatic rings. The molecule has 1 amide bonds. The molecule has 3 aromatic rings. The first-order valence-corrected chi connectivity index (χ1v) is 10.4. The van der Waals surface area contributed by atoms with Crippen LogP contribution in [-0.4, -0.2) is 78.0 Å². The van der Waals surface area contributed by atoms with E-state index >= 15 is 0 Å². The molecule has 5 rings (SSSR count). The number of likely N-dealkylation sites (N-methyl/N-ethyl adjacent to an activating group) is 1. The molecular formula is C20H26N8O. The molecule has 0 aliphatic carbocycles. The average Bonchev–Trinajstić information content (AvgIpc) is 3.42. The van der Waals surface area contributed by atoms with Crippen LogP contribution in [0.15, 0.2) is 30.6 Å². The number of piperidine rings is 2. The van der Waals surface area contributed by atoms with E-state index in [1.807, 2.05) is 40.9 Å². The third-order valence-corrected chi connectivity index (χ3v) is 6.30. The number of nitrogens with zero attached hydrogens (tertiary/aromatic N) is 8. The SMILES string of the molecule is CN1C(=O)CCCC1CN1CCC(c2nnc3ccc(-n4cccn4)nn23)CC1. The number of hydrogen-bond donors (Lipinski definition) is 0. The molecule has 3 aromatic heterocycles. The summed E-state index contributed by atoms with van der Waals surface area (Å²) in [6, 6.07) is 6.07. The maximum absolute atomic E-state index is 12.0. The molecular weight excluding hydrogens is 368 g/mol. The van der Waals surface area contributed by atoms with Gasteiger partial charge >= 0.3 is 0 Å². The van der Waals surface area contributed by atoms with Crippen LogP contribution in [0.1, 0.15) is 43.8 Å². The van der Waals surface area contributed by atoms with Crippen molar-refractivity contribution in [3.8, 4) is 5.82 Å². The number of aromatic nitrogens is 6. The van der Waals surface area contributed by atoms with Crippen molar-refractivity contribution in [1.29, 1.82) is 0 Å². The zero-order valence-corrected chi connectivity index (χ0v) is 16.7. The first-order valence-electron chi connectivity index (χ1n) is 10.4. The topological polar surface area (TPSA) is 84.5 Å². The highest BCUT2D eigenvalue weighted by atomic mass is 16.2. The predicted molar refractivity (Wildman–Crippen MR) is 107 cm³/mol. The molecule has 0 radical (unpaired) electrons. The molecule has 9 nitrogen and oxygen atoms in total. The molecule has 2 fully saturated rings. The molecule has 1 unspecified atom stereocenters. The second-order valence-electron chi connectivity index (χ2n) is 8.10. The minimum atomic E-state index is 0.283. The van der Waals surface area contributed by atoms with Gasteiger partial charge < -0.3 is 9.80 Å². The van der Waals surface area contributed by atoms with Crippen molar-refractivity contribution in [3.05, 3.63) is 36.4 Å². The van der Waals surface area contributed by atoms with Crippen LogP contribution in [-0.2, 0) is 4.79 Å². The molecule has 0 N–H and O–H groups in total. The van der Waals surface area contributed by atoms with E-state index in [2.05, 4.69) is 20.2 Å². The summed E-state index contributed by atoms with van der Waals surface area (Å²) in [5.74, 6) is 2.31. The Hall–Kier alpha value is -2.81. The molecule has 0 bridgehead atoms. The lowest BCUT2D eigenvalue weighted by Crippen LogP contribution is -2.48. The molecule has 0 saturated carbocycles. The van der Waals surface area contributed by atoms with E-state index in [9.17, 15) is 4.79 Å². The average molecular weight is 394 g/mol. The van der Waals surface area contributed by atoms with Crippen molar-refractivity contribution in [2.24, 2.45) is 0 Å². The Morgan fingerprint density at radius 2 is 2.00 bits per heavy atom. The third kappa shape index (κ3) is 3.50. The number of carbonyl (C=O) groups excluding carboxylic acids is 1. The van der Waals surface area contributed by atoms with Gasteiger partial charge in [-0.1, -0.05) is 0 Å². The van der Waals surface area contributed by atoms with Crippen molar-refractivity contribution in [1.82, 2.24) is 39.4 Å². The van der Waals surface area contributed by atoms with Gasteiger partial charge in [0.05, 0.1) is 0 Å². The maximum Gasteiger partial charge on any atom is 0.222 e. The van der Waals surface area contributed by atoms with Crippen LogP contribution in [0.3, 0.4) is 0 Å². The molecule has 0 aromatic carbocycles. The van der Waals surface area contributed by atoms with E-state index in [-0.39, 0.29) is 5.91 Å². The van der Waals surface area contributed by atoms with Gasteiger partial charge in [-0.3, -0.25) is 4.79 Å². The highest BCUT2D eigenvalue weighted by molar-refractivity contribution is 5.76. The van der Waals surface area contributed by atoms with Gasteiger partial charge in [0.15, 0.2) is 17.3 Å². The zero-order chi connectivity index (χ0) is 19.8. The van der Waals surface area contributed by atoms with Crippen molar-refractivity contribution in [2.75, 3.05) is 26.7 Å². The Morgan fingerprint density at radius 3 is 2.79 bits per heavy atom. The van der Waals surface area contributed by atoms with Crippen LogP contribution in [0.25, 0.3) is 11.5 Å². The second-order valence-corrected chi connectivity index (χ2v) is 8.10. The van der Waals surface area contributed by atoms with Crippen molar-refractivity contribution >= 4 is 11.6 Å². The largest absolute Gasteiger partial charge is 0.341 e. The summed E-state index contributed by atoms with van der Waals surface area (Å²) in [7, 11) is 1.95. The van der Waals surface area contributed by atoms with Gasteiger partial charge in [0.25, 0.3) is 0 Å². The Bertz CT molecular complexity index is 989. The van der Waals surface area contributed by atoms with Crippen molar-refractivity contribution < 1.29 is 4.79 Å². The monoisotopic (exact) mass is 394 g/mol. The van der Waals surface area contributed by atoms with Crippen LogP contribution in [0, 0.1) is 0 Å². The molecule has 0 spiro atoms. The summed E-state index contributed by atoms with van der Waals surface area (Å²) in [5.41, 5.74) is 0.765. The molecule has 2 saturated heterocycles. The second kappa shape index (κ2) is 7.55. The normalized spacial score (nSPS) is 21.9. The Labute approximate surface area is 169 Å². The molecule has 29 heavy (non-hydrogen) atoms. The first-order chi connectivity index (χ1) is 14.2. The fraction of sp³-hybridized carbons (Fsp3) is 0.550. The third-order valence-electron chi connectivity index (χ3n) is 6.30. The number of hydrogen-bond acceptors (Lipinski definition) is 6. The van der Waals surface area contributed by atoms with Crippen LogP contribution < -0.4 is 0 Å². The van der Waals surface area contributed by atoms with E-state index < -0.39 is 0 Å². The lowest BCUT2D eigenvalue weighted by Gasteiger charge is -2.38. The van der Waals surface area contributed by atoms with Gasteiger partial charge in [0, 0.05) is 44.4 Å². The van der Waals surface area contributed by atoms with Gasteiger partial charge in [-0.05, 0) is 57.0 Å². The molecule has 2 aliphatic heterocycles. The fourth-order valence-corrected chi connectivity index (χ4v) is 4.52. The maximum atomic E-state index is 12.0. The summed E-state index contributed by atoms with van der Waals surface area (Å²) in [6.45, 7) is 2.99. The van der Waals surface area contributed by atoms with Crippen molar-refractivity contribution in [2.45, 2.75) is 44.1 Å². The minimum Gasteiger partial charge on any atom is -0.341 e. The van der Waals surface area contributed by atoms with Crippen LogP contribution in [0.4, 0.5) is 0 Å². The van der Waals surface area contributed by atoms with Gasteiger partial charge in [0.2, 0.25) is 5.91 Å². The number of carbonyl (C=O) groups is 1. The van der Waals surface area contributed by atoms with E-state index in [0.29, 0.717) is 18.4 Å². The molecule has 9 heteroatoms. The minimum absolute atomic E-state index is 0.283. The highest BCUT2D eigenvalue weighted by Crippen LogP contribution is 2.28. The van der Waals surface area contributed by atoms with Gasteiger partial charge in [0.1, 0.15) is 0 Å². The van der Waals surface area contributed by atoms with Gasteiger partial charge in [-0.25, -0.2) is 4.68 Å². The Balaban J connectivity index is 1.28. The highest BCUT2D eigenvalue weighted by Gasteiger charge is 2.30. The Morgan fingerprint density at radius 1 is 1.14 bits per heavy atom. The molecule has 152 valence electrons. The van der Waals surface area contributed by atoms with E-state index in [4.69, 9.17) is 5.10 Å². The van der Waals surface area contributed by atoms with Crippen LogP contribution in [0.2, 0.25) is 0 Å². The Kier molecular flexibility index (Phi) is 4.75. The van der Waals surface area contributed by atoms with Crippen LogP contribution in [0.5, 0.6) is 0 Å². The van der Waals surface area contributed by atoms with Crippen molar-refractivity contribution in [3.63, 3.8) is 0 Å². The molecule has 5 heterocycles. The van der Waals surface area contributed by atoms with Gasteiger partial charge in [-0.15, -0.1) is 15.3 Å².